The zero-order chi connectivity index (χ0) is 11.6. The second-order valence-corrected chi connectivity index (χ2v) is 4.56. The van der Waals surface area contributed by atoms with Gasteiger partial charge in [-0.1, -0.05) is 24.3 Å². The molecule has 0 radical (unpaired) electrons. The smallest absolute Gasteiger partial charge is 0.0912 e. The Morgan fingerprint density at radius 1 is 1.38 bits per heavy atom. The highest BCUT2D eigenvalue weighted by Crippen LogP contribution is 2.41. The molecule has 0 heterocycles. The number of hydrogen-bond donors (Lipinski definition) is 2. The minimum atomic E-state index is -0.550. The molecule has 1 aliphatic carbocycles. The number of aliphatic hydroxyl groups excluding tert-OH is 1. The van der Waals surface area contributed by atoms with E-state index in [1.54, 1.807) is 7.11 Å². The Hall–Kier alpha value is -0.900. The van der Waals surface area contributed by atoms with E-state index >= 15 is 0 Å². The first-order valence-corrected chi connectivity index (χ1v) is 5.71. The Kier molecular flexibility index (Phi) is 3.28. The first kappa shape index (κ1) is 11.6. The fourth-order valence-corrected chi connectivity index (χ4v) is 1.96. The molecule has 0 bridgehead atoms. The zero-order valence-corrected chi connectivity index (χ0v) is 9.65. The Bertz CT molecular complexity index is 343. The third-order valence-corrected chi connectivity index (χ3v) is 3.35. The Morgan fingerprint density at radius 3 is 2.44 bits per heavy atom. The van der Waals surface area contributed by atoms with Gasteiger partial charge < -0.3 is 15.6 Å². The number of aliphatic hydroxyl groups is 1. The number of ether oxygens (including phenoxy) is 1. The topological polar surface area (TPSA) is 55.5 Å². The van der Waals surface area contributed by atoms with Crippen molar-refractivity contribution in [2.75, 3.05) is 13.7 Å². The molecule has 88 valence electrons. The monoisotopic (exact) mass is 221 g/mol. The van der Waals surface area contributed by atoms with Crippen LogP contribution in [-0.4, -0.2) is 24.4 Å². The molecule has 1 aliphatic rings. The van der Waals surface area contributed by atoms with Crippen LogP contribution in [0.4, 0.5) is 0 Å². The summed E-state index contributed by atoms with van der Waals surface area (Å²) in [4.78, 5) is 0. The van der Waals surface area contributed by atoms with Gasteiger partial charge in [0, 0.05) is 20.1 Å². The van der Waals surface area contributed by atoms with Crippen LogP contribution in [0.25, 0.3) is 0 Å². The summed E-state index contributed by atoms with van der Waals surface area (Å²) in [5, 5.41) is 9.56. The summed E-state index contributed by atoms with van der Waals surface area (Å²) in [5.41, 5.74) is 7.64. The second-order valence-electron chi connectivity index (χ2n) is 4.56. The maximum atomic E-state index is 9.56. The minimum absolute atomic E-state index is 0.0913. The van der Waals surface area contributed by atoms with Gasteiger partial charge in [-0.3, -0.25) is 0 Å². The van der Waals surface area contributed by atoms with E-state index in [0.29, 0.717) is 0 Å². The highest BCUT2D eigenvalue weighted by Gasteiger charge is 2.42. The molecule has 0 amide bonds. The van der Waals surface area contributed by atoms with E-state index in [-0.39, 0.29) is 12.1 Å². The molecule has 1 aromatic rings. The van der Waals surface area contributed by atoms with Gasteiger partial charge in [-0.2, -0.15) is 0 Å². The van der Waals surface area contributed by atoms with Crippen molar-refractivity contribution < 1.29 is 9.84 Å². The lowest BCUT2D eigenvalue weighted by molar-refractivity contribution is 0.0807. The van der Waals surface area contributed by atoms with Gasteiger partial charge in [0.05, 0.1) is 11.7 Å². The van der Waals surface area contributed by atoms with Crippen LogP contribution in [0.5, 0.6) is 0 Å². The van der Waals surface area contributed by atoms with Crippen LogP contribution >= 0.6 is 0 Å². The van der Waals surface area contributed by atoms with Gasteiger partial charge in [-0.15, -0.1) is 0 Å². The molecule has 0 aromatic heterocycles. The minimum Gasteiger partial charge on any atom is -0.387 e. The number of rotatable bonds is 5. The molecular formula is C13H19NO2. The van der Waals surface area contributed by atoms with Gasteiger partial charge >= 0.3 is 0 Å². The van der Waals surface area contributed by atoms with Crippen molar-refractivity contribution in [2.45, 2.75) is 31.0 Å². The summed E-state index contributed by atoms with van der Waals surface area (Å²) in [6.45, 7) is 0.265. The molecule has 3 heteroatoms. The molecule has 2 rings (SSSR count). The molecule has 0 saturated heterocycles. The number of hydrogen-bond acceptors (Lipinski definition) is 3. The van der Waals surface area contributed by atoms with E-state index in [2.05, 4.69) is 0 Å². The summed E-state index contributed by atoms with van der Waals surface area (Å²) in [6.07, 6.45) is 2.71. The first-order valence-electron chi connectivity index (χ1n) is 5.71. The molecule has 1 unspecified atom stereocenters. The molecule has 0 aliphatic heterocycles. The van der Waals surface area contributed by atoms with E-state index in [4.69, 9.17) is 10.5 Å². The zero-order valence-electron chi connectivity index (χ0n) is 9.65. The van der Waals surface area contributed by atoms with Crippen molar-refractivity contribution in [1.82, 2.24) is 0 Å². The van der Waals surface area contributed by atoms with Crippen molar-refractivity contribution in [3.63, 3.8) is 0 Å². The predicted molar refractivity (Wildman–Crippen MR) is 63.1 cm³/mol. The van der Waals surface area contributed by atoms with Gasteiger partial charge in [0.15, 0.2) is 0 Å². The van der Waals surface area contributed by atoms with Crippen LogP contribution in [0.2, 0.25) is 0 Å². The van der Waals surface area contributed by atoms with Gasteiger partial charge in [0.2, 0.25) is 0 Å². The molecule has 1 fully saturated rings. The predicted octanol–water partition coefficient (Wildman–Crippen LogP) is 1.40. The van der Waals surface area contributed by atoms with Gasteiger partial charge in [-0.05, 0) is 24.0 Å². The Balaban J connectivity index is 2.02. The third-order valence-electron chi connectivity index (χ3n) is 3.35. The lowest BCUT2D eigenvalue weighted by Gasteiger charge is -2.14. The van der Waals surface area contributed by atoms with Crippen molar-refractivity contribution in [3.8, 4) is 0 Å². The van der Waals surface area contributed by atoms with Crippen LogP contribution < -0.4 is 5.73 Å². The highest BCUT2D eigenvalue weighted by molar-refractivity contribution is 5.26. The van der Waals surface area contributed by atoms with E-state index in [0.717, 1.165) is 24.8 Å². The molecular weight excluding hydrogens is 202 g/mol. The maximum absolute atomic E-state index is 9.56. The SMILES string of the molecule is COC1(Cc2ccc(C(O)CN)cc2)CC1. The molecule has 1 saturated carbocycles. The summed E-state index contributed by atoms with van der Waals surface area (Å²) >= 11 is 0. The van der Waals surface area contributed by atoms with Crippen molar-refractivity contribution >= 4 is 0 Å². The normalized spacial score (nSPS) is 19.4. The lowest BCUT2D eigenvalue weighted by atomic mass is 10.0. The Labute approximate surface area is 96.2 Å². The number of benzene rings is 1. The van der Waals surface area contributed by atoms with Crippen LogP contribution in [-0.2, 0) is 11.2 Å². The van der Waals surface area contributed by atoms with E-state index < -0.39 is 6.10 Å². The molecule has 16 heavy (non-hydrogen) atoms. The number of methoxy groups -OCH3 is 1. The van der Waals surface area contributed by atoms with Crippen LogP contribution in [0.15, 0.2) is 24.3 Å². The lowest BCUT2D eigenvalue weighted by Crippen LogP contribution is -2.15. The third kappa shape index (κ3) is 2.43. The molecule has 3 N–H and O–H groups in total. The summed E-state index contributed by atoms with van der Waals surface area (Å²) in [5.74, 6) is 0. The van der Waals surface area contributed by atoms with Crippen LogP contribution in [0.3, 0.4) is 0 Å². The van der Waals surface area contributed by atoms with Crippen LogP contribution in [0.1, 0.15) is 30.1 Å². The molecule has 3 nitrogen and oxygen atoms in total. The van der Waals surface area contributed by atoms with Crippen molar-refractivity contribution in [1.29, 1.82) is 0 Å². The van der Waals surface area contributed by atoms with E-state index in [9.17, 15) is 5.11 Å². The standard InChI is InChI=1S/C13H19NO2/c1-16-13(6-7-13)8-10-2-4-11(5-3-10)12(15)9-14/h2-5,12,15H,6-9,14H2,1H3. The molecule has 1 atom stereocenters. The summed E-state index contributed by atoms with van der Waals surface area (Å²) in [7, 11) is 1.78. The van der Waals surface area contributed by atoms with Crippen molar-refractivity contribution in [3.05, 3.63) is 35.4 Å². The first-order chi connectivity index (χ1) is 7.69. The van der Waals surface area contributed by atoms with Gasteiger partial charge in [0.25, 0.3) is 0 Å². The summed E-state index contributed by atoms with van der Waals surface area (Å²) in [6, 6.07) is 7.98. The fourth-order valence-electron chi connectivity index (χ4n) is 1.96. The highest BCUT2D eigenvalue weighted by atomic mass is 16.5. The average molecular weight is 221 g/mol. The maximum Gasteiger partial charge on any atom is 0.0912 e. The largest absolute Gasteiger partial charge is 0.387 e. The van der Waals surface area contributed by atoms with Crippen LogP contribution in [0, 0.1) is 0 Å². The van der Waals surface area contributed by atoms with Crippen molar-refractivity contribution in [2.24, 2.45) is 5.73 Å². The molecule has 0 spiro atoms. The second kappa shape index (κ2) is 4.53. The van der Waals surface area contributed by atoms with Gasteiger partial charge in [-0.25, -0.2) is 0 Å². The number of nitrogens with two attached hydrogens (primary N) is 1. The average Bonchev–Trinajstić information content (AvgIpc) is 3.09. The quantitative estimate of drug-likeness (QED) is 0.790. The fraction of sp³-hybridized carbons (Fsp3) is 0.538. The summed E-state index contributed by atoms with van der Waals surface area (Å²) < 4.78 is 5.48. The Morgan fingerprint density at radius 2 is 2.00 bits per heavy atom. The molecule has 1 aromatic carbocycles. The van der Waals surface area contributed by atoms with Gasteiger partial charge in [0.1, 0.15) is 0 Å². The van der Waals surface area contributed by atoms with E-state index in [1.807, 2.05) is 24.3 Å². The van der Waals surface area contributed by atoms with E-state index in [1.165, 1.54) is 5.56 Å².